The zero-order chi connectivity index (χ0) is 13.8. The molecule has 0 saturated carbocycles. The van der Waals surface area contributed by atoms with Crippen molar-refractivity contribution in [2.45, 2.75) is 45.6 Å². The van der Waals surface area contributed by atoms with Gasteiger partial charge in [0.05, 0.1) is 6.42 Å². The molecule has 0 aliphatic carbocycles. The maximum Gasteiger partial charge on any atom is 0.251 e. The molecular weight excluding hydrogens is 240 g/mol. The SMILES string of the molecule is CCCCC(C)NC(=O)c1ccc2c(c1)CC(=O)N2. The van der Waals surface area contributed by atoms with E-state index >= 15 is 0 Å². The molecule has 1 aliphatic rings. The number of rotatable bonds is 5. The van der Waals surface area contributed by atoms with Crippen molar-refractivity contribution in [1.29, 1.82) is 0 Å². The number of benzene rings is 1. The number of hydrogen-bond donors (Lipinski definition) is 2. The van der Waals surface area contributed by atoms with Crippen molar-refractivity contribution in [3.8, 4) is 0 Å². The highest BCUT2D eigenvalue weighted by molar-refractivity contribution is 6.01. The Kier molecular flexibility index (Phi) is 4.20. The third-order valence-electron chi connectivity index (χ3n) is 3.36. The van der Waals surface area contributed by atoms with E-state index in [1.165, 1.54) is 0 Å². The molecule has 19 heavy (non-hydrogen) atoms. The highest BCUT2D eigenvalue weighted by atomic mass is 16.2. The van der Waals surface area contributed by atoms with E-state index in [-0.39, 0.29) is 17.9 Å². The second-order valence-electron chi connectivity index (χ2n) is 5.11. The van der Waals surface area contributed by atoms with Gasteiger partial charge in [-0.25, -0.2) is 0 Å². The van der Waals surface area contributed by atoms with Gasteiger partial charge in [-0.3, -0.25) is 9.59 Å². The van der Waals surface area contributed by atoms with E-state index in [1.807, 2.05) is 6.92 Å². The molecule has 0 fully saturated rings. The molecule has 1 atom stereocenters. The minimum atomic E-state index is -0.0641. The van der Waals surface area contributed by atoms with E-state index in [0.29, 0.717) is 12.0 Å². The van der Waals surface area contributed by atoms with Crippen LogP contribution in [0.1, 0.15) is 49.0 Å². The smallest absolute Gasteiger partial charge is 0.251 e. The highest BCUT2D eigenvalue weighted by Gasteiger charge is 2.19. The summed E-state index contributed by atoms with van der Waals surface area (Å²) in [5.41, 5.74) is 2.35. The zero-order valence-electron chi connectivity index (χ0n) is 11.5. The zero-order valence-corrected chi connectivity index (χ0v) is 11.5. The second kappa shape index (κ2) is 5.87. The van der Waals surface area contributed by atoms with Gasteiger partial charge in [0.15, 0.2) is 0 Å². The maximum absolute atomic E-state index is 12.1. The minimum absolute atomic E-state index is 0.0103. The molecule has 1 heterocycles. The number of carbonyl (C=O) groups is 2. The van der Waals surface area contributed by atoms with Crippen LogP contribution in [0.3, 0.4) is 0 Å². The lowest BCUT2D eigenvalue weighted by atomic mass is 10.1. The maximum atomic E-state index is 12.1. The molecule has 4 heteroatoms. The van der Waals surface area contributed by atoms with E-state index < -0.39 is 0 Å². The Morgan fingerprint density at radius 2 is 2.26 bits per heavy atom. The standard InChI is InChI=1S/C15H20N2O2/c1-3-4-5-10(2)16-15(19)11-6-7-13-12(8-11)9-14(18)17-13/h6-8,10H,3-5,9H2,1-2H3,(H,16,19)(H,17,18). The van der Waals surface area contributed by atoms with Crippen LogP contribution in [0.4, 0.5) is 5.69 Å². The number of unbranched alkanes of at least 4 members (excludes halogenated alkanes) is 1. The molecular formula is C15H20N2O2. The van der Waals surface area contributed by atoms with Gasteiger partial charge >= 0.3 is 0 Å². The van der Waals surface area contributed by atoms with Crippen LogP contribution in [-0.4, -0.2) is 17.9 Å². The predicted molar refractivity (Wildman–Crippen MR) is 75.2 cm³/mol. The van der Waals surface area contributed by atoms with Crippen molar-refractivity contribution in [2.75, 3.05) is 5.32 Å². The van der Waals surface area contributed by atoms with Gasteiger partial charge in [0, 0.05) is 17.3 Å². The summed E-state index contributed by atoms with van der Waals surface area (Å²) in [5.74, 6) is -0.0744. The topological polar surface area (TPSA) is 58.2 Å². The lowest BCUT2D eigenvalue weighted by molar-refractivity contribution is -0.115. The summed E-state index contributed by atoms with van der Waals surface area (Å²) in [6.07, 6.45) is 3.60. The Balaban J connectivity index is 2.00. The number of carbonyl (C=O) groups excluding carboxylic acids is 2. The van der Waals surface area contributed by atoms with Crippen molar-refractivity contribution in [3.63, 3.8) is 0 Å². The largest absolute Gasteiger partial charge is 0.350 e. The molecule has 0 saturated heterocycles. The molecule has 2 rings (SSSR count). The van der Waals surface area contributed by atoms with Crippen LogP contribution in [0.15, 0.2) is 18.2 Å². The average molecular weight is 260 g/mol. The number of amides is 2. The third-order valence-corrected chi connectivity index (χ3v) is 3.36. The summed E-state index contributed by atoms with van der Waals surface area (Å²) in [5, 5.41) is 5.75. The van der Waals surface area contributed by atoms with Crippen molar-refractivity contribution in [1.82, 2.24) is 5.32 Å². The second-order valence-corrected chi connectivity index (χ2v) is 5.11. The minimum Gasteiger partial charge on any atom is -0.350 e. The van der Waals surface area contributed by atoms with Crippen LogP contribution < -0.4 is 10.6 Å². The normalized spacial score (nSPS) is 14.7. The summed E-state index contributed by atoms with van der Waals surface area (Å²) < 4.78 is 0. The number of hydrogen-bond acceptors (Lipinski definition) is 2. The first-order valence-electron chi connectivity index (χ1n) is 6.83. The lowest BCUT2D eigenvalue weighted by Gasteiger charge is -2.13. The molecule has 1 aromatic rings. The van der Waals surface area contributed by atoms with Crippen LogP contribution in [0.5, 0.6) is 0 Å². The number of nitrogens with one attached hydrogen (secondary N) is 2. The molecule has 0 radical (unpaired) electrons. The molecule has 4 nitrogen and oxygen atoms in total. The van der Waals surface area contributed by atoms with Crippen molar-refractivity contribution in [3.05, 3.63) is 29.3 Å². The molecule has 1 unspecified atom stereocenters. The van der Waals surface area contributed by atoms with Crippen LogP contribution in [0, 0.1) is 0 Å². The van der Waals surface area contributed by atoms with Crippen LogP contribution in [0.2, 0.25) is 0 Å². The summed E-state index contributed by atoms with van der Waals surface area (Å²) in [6, 6.07) is 5.54. The van der Waals surface area contributed by atoms with Crippen molar-refractivity contribution in [2.24, 2.45) is 0 Å². The van der Waals surface area contributed by atoms with Gasteiger partial charge in [-0.15, -0.1) is 0 Å². The van der Waals surface area contributed by atoms with E-state index in [9.17, 15) is 9.59 Å². The lowest BCUT2D eigenvalue weighted by Crippen LogP contribution is -2.32. The quantitative estimate of drug-likeness (QED) is 0.854. The van der Waals surface area contributed by atoms with Crippen molar-refractivity contribution < 1.29 is 9.59 Å². The average Bonchev–Trinajstić information content (AvgIpc) is 2.75. The fourth-order valence-electron chi connectivity index (χ4n) is 2.26. The first-order chi connectivity index (χ1) is 9.10. The first-order valence-corrected chi connectivity index (χ1v) is 6.83. The number of anilines is 1. The molecule has 1 aliphatic heterocycles. The van der Waals surface area contributed by atoms with E-state index in [1.54, 1.807) is 18.2 Å². The van der Waals surface area contributed by atoms with Crippen LogP contribution in [0.25, 0.3) is 0 Å². The number of fused-ring (bicyclic) bond motifs is 1. The van der Waals surface area contributed by atoms with Crippen LogP contribution in [-0.2, 0) is 11.2 Å². The van der Waals surface area contributed by atoms with Gasteiger partial charge in [0.25, 0.3) is 5.91 Å². The Morgan fingerprint density at radius 3 is 3.00 bits per heavy atom. The van der Waals surface area contributed by atoms with Gasteiger partial charge in [0.1, 0.15) is 0 Å². The third kappa shape index (κ3) is 3.34. The van der Waals surface area contributed by atoms with Gasteiger partial charge < -0.3 is 10.6 Å². The highest BCUT2D eigenvalue weighted by Crippen LogP contribution is 2.23. The van der Waals surface area contributed by atoms with E-state index in [2.05, 4.69) is 17.6 Å². The Hall–Kier alpha value is -1.84. The fourth-order valence-corrected chi connectivity index (χ4v) is 2.26. The predicted octanol–water partition coefficient (Wildman–Crippen LogP) is 2.49. The Bertz CT molecular complexity index is 497. The van der Waals surface area contributed by atoms with Gasteiger partial charge in [-0.05, 0) is 37.1 Å². The fraction of sp³-hybridized carbons (Fsp3) is 0.467. The van der Waals surface area contributed by atoms with Gasteiger partial charge in [-0.2, -0.15) is 0 Å². The molecule has 0 bridgehead atoms. The first kappa shape index (κ1) is 13.6. The molecule has 1 aromatic carbocycles. The van der Waals surface area contributed by atoms with Crippen LogP contribution >= 0.6 is 0 Å². The summed E-state index contributed by atoms with van der Waals surface area (Å²) in [4.78, 5) is 23.3. The summed E-state index contributed by atoms with van der Waals surface area (Å²) in [7, 11) is 0. The summed E-state index contributed by atoms with van der Waals surface area (Å²) in [6.45, 7) is 4.16. The molecule has 102 valence electrons. The summed E-state index contributed by atoms with van der Waals surface area (Å²) >= 11 is 0. The van der Waals surface area contributed by atoms with E-state index in [0.717, 1.165) is 30.5 Å². The Labute approximate surface area is 113 Å². The van der Waals surface area contributed by atoms with Gasteiger partial charge in [0.2, 0.25) is 5.91 Å². The Morgan fingerprint density at radius 1 is 1.47 bits per heavy atom. The molecule has 2 amide bonds. The van der Waals surface area contributed by atoms with Crippen molar-refractivity contribution >= 4 is 17.5 Å². The van der Waals surface area contributed by atoms with Gasteiger partial charge in [-0.1, -0.05) is 19.8 Å². The van der Waals surface area contributed by atoms with E-state index in [4.69, 9.17) is 0 Å². The molecule has 2 N–H and O–H groups in total. The molecule has 0 aromatic heterocycles. The monoisotopic (exact) mass is 260 g/mol. The molecule has 0 spiro atoms.